The number of esters is 1. The lowest BCUT2D eigenvalue weighted by atomic mass is 10.1. The molecule has 1 aromatic carbocycles. The minimum atomic E-state index is -0.410. The van der Waals surface area contributed by atoms with Gasteiger partial charge in [0.1, 0.15) is 11.5 Å². The van der Waals surface area contributed by atoms with E-state index in [9.17, 15) is 9.59 Å². The van der Waals surface area contributed by atoms with Gasteiger partial charge in [-0.25, -0.2) is 4.79 Å². The van der Waals surface area contributed by atoms with Gasteiger partial charge < -0.3 is 9.47 Å². The molecule has 1 fully saturated rings. The van der Waals surface area contributed by atoms with E-state index in [1.54, 1.807) is 12.1 Å². The van der Waals surface area contributed by atoms with Crippen molar-refractivity contribution in [1.82, 2.24) is 0 Å². The molecule has 1 aliphatic rings. The maximum atomic E-state index is 11.2. The fourth-order valence-corrected chi connectivity index (χ4v) is 1.91. The summed E-state index contributed by atoms with van der Waals surface area (Å²) >= 11 is 0. The zero-order valence-electron chi connectivity index (χ0n) is 11.5. The molecule has 0 aliphatic carbocycles. The number of rotatable bonds is 3. The second-order valence-corrected chi connectivity index (χ2v) is 4.52. The van der Waals surface area contributed by atoms with E-state index >= 15 is 0 Å². The standard InChI is InChI=1S/C16H16O4/c1-11(17)13-5-3-12(4-6-13)9-14-7-8-15(20-14)10-16(18)19-2/h3-6,9-10H,7-8H2,1-2H3/b14-9+,15-10-. The van der Waals surface area contributed by atoms with E-state index in [0.29, 0.717) is 17.7 Å². The second kappa shape index (κ2) is 6.19. The number of Topliss-reactive ketones (excluding diaryl/α,β-unsaturated/α-hetero) is 1. The number of benzene rings is 1. The summed E-state index contributed by atoms with van der Waals surface area (Å²) in [5.74, 6) is 1.05. The van der Waals surface area contributed by atoms with Gasteiger partial charge in [0.25, 0.3) is 0 Å². The fraction of sp³-hybridized carbons (Fsp3) is 0.250. The van der Waals surface area contributed by atoms with Gasteiger partial charge in [-0.05, 0) is 18.6 Å². The Bertz CT molecular complexity index is 579. The minimum absolute atomic E-state index is 0.0459. The number of ketones is 1. The van der Waals surface area contributed by atoms with Crippen LogP contribution in [0.3, 0.4) is 0 Å². The SMILES string of the molecule is COC(=O)/C=C1/CC/C(=C\c2ccc(C(C)=O)cc2)O1. The summed E-state index contributed by atoms with van der Waals surface area (Å²) in [6, 6.07) is 7.31. The molecule has 2 rings (SSSR count). The first-order valence-corrected chi connectivity index (χ1v) is 6.36. The molecular weight excluding hydrogens is 256 g/mol. The van der Waals surface area contributed by atoms with Crippen molar-refractivity contribution in [2.24, 2.45) is 0 Å². The molecule has 1 aromatic rings. The van der Waals surface area contributed by atoms with Crippen LogP contribution in [-0.2, 0) is 14.3 Å². The molecule has 1 aliphatic heterocycles. The highest BCUT2D eigenvalue weighted by atomic mass is 16.5. The summed E-state index contributed by atoms with van der Waals surface area (Å²) in [7, 11) is 1.33. The van der Waals surface area contributed by atoms with Crippen LogP contribution in [0, 0.1) is 0 Å². The van der Waals surface area contributed by atoms with Crippen LogP contribution < -0.4 is 0 Å². The van der Waals surface area contributed by atoms with Gasteiger partial charge in [0.15, 0.2) is 5.78 Å². The van der Waals surface area contributed by atoms with Gasteiger partial charge in [-0.15, -0.1) is 0 Å². The van der Waals surface area contributed by atoms with E-state index in [-0.39, 0.29) is 5.78 Å². The van der Waals surface area contributed by atoms with E-state index in [0.717, 1.165) is 17.7 Å². The van der Waals surface area contributed by atoms with Crippen LogP contribution in [0.5, 0.6) is 0 Å². The van der Waals surface area contributed by atoms with Crippen molar-refractivity contribution in [3.63, 3.8) is 0 Å². The Labute approximate surface area is 117 Å². The van der Waals surface area contributed by atoms with Crippen LogP contribution in [0.25, 0.3) is 6.08 Å². The summed E-state index contributed by atoms with van der Waals surface area (Å²) in [6.45, 7) is 1.54. The first-order valence-electron chi connectivity index (χ1n) is 6.36. The molecule has 4 heteroatoms. The predicted octanol–water partition coefficient (Wildman–Crippen LogP) is 3.10. The van der Waals surface area contributed by atoms with E-state index in [1.165, 1.54) is 20.1 Å². The smallest absolute Gasteiger partial charge is 0.333 e. The van der Waals surface area contributed by atoms with Gasteiger partial charge in [0.2, 0.25) is 0 Å². The van der Waals surface area contributed by atoms with Crippen molar-refractivity contribution in [2.75, 3.05) is 7.11 Å². The van der Waals surface area contributed by atoms with Crippen molar-refractivity contribution >= 4 is 17.8 Å². The number of hydrogen-bond acceptors (Lipinski definition) is 4. The average molecular weight is 272 g/mol. The molecule has 0 atom stereocenters. The lowest BCUT2D eigenvalue weighted by Gasteiger charge is -2.01. The van der Waals surface area contributed by atoms with Gasteiger partial charge >= 0.3 is 5.97 Å². The topological polar surface area (TPSA) is 52.6 Å². The van der Waals surface area contributed by atoms with Gasteiger partial charge in [-0.2, -0.15) is 0 Å². The molecule has 0 N–H and O–H groups in total. The van der Waals surface area contributed by atoms with Gasteiger partial charge in [-0.3, -0.25) is 4.79 Å². The molecule has 0 saturated carbocycles. The Hall–Kier alpha value is -2.36. The molecule has 0 radical (unpaired) electrons. The number of allylic oxidation sites excluding steroid dienone is 2. The fourth-order valence-electron chi connectivity index (χ4n) is 1.91. The predicted molar refractivity (Wildman–Crippen MR) is 74.8 cm³/mol. The zero-order chi connectivity index (χ0) is 14.5. The Morgan fingerprint density at radius 3 is 2.40 bits per heavy atom. The van der Waals surface area contributed by atoms with Crippen molar-refractivity contribution in [3.05, 3.63) is 53.0 Å². The molecule has 0 bridgehead atoms. The molecule has 104 valence electrons. The van der Waals surface area contributed by atoms with Crippen molar-refractivity contribution in [2.45, 2.75) is 19.8 Å². The third-order valence-electron chi connectivity index (χ3n) is 3.00. The van der Waals surface area contributed by atoms with Crippen LogP contribution in [0.1, 0.15) is 35.7 Å². The summed E-state index contributed by atoms with van der Waals surface area (Å²) in [4.78, 5) is 22.3. The van der Waals surface area contributed by atoms with Crippen LogP contribution in [0.15, 0.2) is 41.9 Å². The zero-order valence-corrected chi connectivity index (χ0v) is 11.5. The van der Waals surface area contributed by atoms with Crippen molar-refractivity contribution in [3.8, 4) is 0 Å². The number of carbonyl (C=O) groups excluding carboxylic acids is 2. The van der Waals surface area contributed by atoms with E-state index in [2.05, 4.69) is 4.74 Å². The number of carbonyl (C=O) groups is 2. The van der Waals surface area contributed by atoms with Gasteiger partial charge in [0.05, 0.1) is 13.2 Å². The van der Waals surface area contributed by atoms with Crippen LogP contribution in [-0.4, -0.2) is 18.9 Å². The lowest BCUT2D eigenvalue weighted by Crippen LogP contribution is -1.96. The summed E-state index contributed by atoms with van der Waals surface area (Å²) < 4.78 is 10.1. The molecule has 20 heavy (non-hydrogen) atoms. The largest absolute Gasteiger partial charge is 0.466 e. The summed E-state index contributed by atoms with van der Waals surface area (Å²) in [5.41, 5.74) is 1.65. The van der Waals surface area contributed by atoms with E-state index < -0.39 is 5.97 Å². The molecule has 1 heterocycles. The highest BCUT2D eigenvalue weighted by molar-refractivity contribution is 5.94. The van der Waals surface area contributed by atoms with Crippen LogP contribution in [0.2, 0.25) is 0 Å². The normalized spacial score (nSPS) is 18.1. The monoisotopic (exact) mass is 272 g/mol. The Morgan fingerprint density at radius 1 is 1.15 bits per heavy atom. The number of methoxy groups -OCH3 is 1. The quantitative estimate of drug-likeness (QED) is 0.482. The Kier molecular flexibility index (Phi) is 4.35. The third-order valence-corrected chi connectivity index (χ3v) is 3.00. The first kappa shape index (κ1) is 14.1. The molecule has 1 saturated heterocycles. The van der Waals surface area contributed by atoms with E-state index in [4.69, 9.17) is 4.74 Å². The molecule has 4 nitrogen and oxygen atoms in total. The Balaban J connectivity index is 2.07. The Morgan fingerprint density at radius 2 is 1.80 bits per heavy atom. The van der Waals surface area contributed by atoms with Crippen molar-refractivity contribution in [1.29, 1.82) is 0 Å². The lowest BCUT2D eigenvalue weighted by molar-refractivity contribution is -0.135. The first-order chi connectivity index (χ1) is 9.58. The maximum Gasteiger partial charge on any atom is 0.333 e. The molecule has 0 unspecified atom stereocenters. The maximum absolute atomic E-state index is 11.2. The highest BCUT2D eigenvalue weighted by Crippen LogP contribution is 2.28. The second-order valence-electron chi connectivity index (χ2n) is 4.52. The molecule has 0 aromatic heterocycles. The van der Waals surface area contributed by atoms with E-state index in [1.807, 2.05) is 18.2 Å². The number of ether oxygens (including phenoxy) is 2. The third kappa shape index (κ3) is 3.57. The highest BCUT2D eigenvalue weighted by Gasteiger charge is 2.15. The molecular formula is C16H16O4. The van der Waals surface area contributed by atoms with Crippen molar-refractivity contribution < 1.29 is 19.1 Å². The van der Waals surface area contributed by atoms with Gasteiger partial charge in [-0.1, -0.05) is 24.3 Å². The van der Waals surface area contributed by atoms with Gasteiger partial charge in [0, 0.05) is 18.4 Å². The molecule has 0 amide bonds. The summed E-state index contributed by atoms with van der Waals surface area (Å²) in [6.07, 6.45) is 4.70. The summed E-state index contributed by atoms with van der Waals surface area (Å²) in [5, 5.41) is 0. The van der Waals surface area contributed by atoms with Crippen LogP contribution >= 0.6 is 0 Å². The average Bonchev–Trinajstić information content (AvgIpc) is 2.86. The molecule has 0 spiro atoms. The van der Waals surface area contributed by atoms with Crippen LogP contribution in [0.4, 0.5) is 0 Å². The number of hydrogen-bond donors (Lipinski definition) is 0. The minimum Gasteiger partial charge on any atom is -0.466 e.